The first-order chi connectivity index (χ1) is 15.3. The molecule has 1 saturated heterocycles. The number of halogens is 1. The van der Waals surface area contributed by atoms with E-state index in [4.69, 9.17) is 0 Å². The molecule has 2 aliphatic rings. The van der Waals surface area contributed by atoms with Gasteiger partial charge in [-0.15, -0.1) is 0 Å². The van der Waals surface area contributed by atoms with E-state index in [2.05, 4.69) is 11.0 Å². The molecule has 4 rings (SSSR count). The van der Waals surface area contributed by atoms with E-state index < -0.39 is 15.8 Å². The van der Waals surface area contributed by atoms with Crippen LogP contribution in [0.25, 0.3) is 5.57 Å². The third-order valence-corrected chi connectivity index (χ3v) is 7.87. The van der Waals surface area contributed by atoms with Crippen LogP contribution in [0.3, 0.4) is 0 Å². The van der Waals surface area contributed by atoms with Crippen molar-refractivity contribution in [3.63, 3.8) is 0 Å². The van der Waals surface area contributed by atoms with Crippen molar-refractivity contribution in [3.05, 3.63) is 66.0 Å². The summed E-state index contributed by atoms with van der Waals surface area (Å²) in [6.45, 7) is 2.55. The molecule has 2 aromatic rings. The van der Waals surface area contributed by atoms with Gasteiger partial charge >= 0.3 is 0 Å². The number of piperazine rings is 1. The van der Waals surface area contributed by atoms with Crippen LogP contribution in [-0.4, -0.2) is 79.3 Å². The normalized spacial score (nSPS) is 18.4. The van der Waals surface area contributed by atoms with Crippen molar-refractivity contribution in [2.45, 2.75) is 11.3 Å². The zero-order valence-electron chi connectivity index (χ0n) is 17.7. The highest BCUT2D eigenvalue weighted by atomic mass is 32.2. The van der Waals surface area contributed by atoms with Gasteiger partial charge in [0.25, 0.3) is 0 Å². The van der Waals surface area contributed by atoms with Gasteiger partial charge in [0, 0.05) is 39.3 Å². The van der Waals surface area contributed by atoms with Crippen molar-refractivity contribution in [1.29, 1.82) is 0 Å². The maximum Gasteiger partial charge on any atom is 0.246 e. The molecule has 0 bridgehead atoms. The zero-order valence-corrected chi connectivity index (χ0v) is 18.5. The fourth-order valence-corrected chi connectivity index (χ4v) is 5.54. The Kier molecular flexibility index (Phi) is 6.59. The van der Waals surface area contributed by atoms with E-state index >= 15 is 0 Å². The summed E-state index contributed by atoms with van der Waals surface area (Å²) in [7, 11) is -3.92. The van der Waals surface area contributed by atoms with Crippen LogP contribution in [0, 0.1) is 5.82 Å². The minimum atomic E-state index is -3.92. The molecule has 7 nitrogen and oxygen atoms in total. The fraction of sp³-hybridized carbons (Fsp3) is 0.348. The topological polar surface area (TPSA) is 81.2 Å². The Morgan fingerprint density at radius 3 is 2.28 bits per heavy atom. The molecule has 1 N–H and O–H groups in total. The number of phenols is 1. The Morgan fingerprint density at radius 2 is 1.66 bits per heavy atom. The van der Waals surface area contributed by atoms with Crippen LogP contribution in [0.15, 0.2) is 59.5 Å². The maximum atomic E-state index is 14.0. The summed E-state index contributed by atoms with van der Waals surface area (Å²) >= 11 is 0. The number of nitrogens with zero attached hydrogens (tertiary/aromatic N) is 3. The van der Waals surface area contributed by atoms with Gasteiger partial charge in [0.2, 0.25) is 15.9 Å². The summed E-state index contributed by atoms with van der Waals surface area (Å²) < 4.78 is 40.6. The average molecular weight is 460 g/mol. The average Bonchev–Trinajstić information content (AvgIpc) is 2.80. The van der Waals surface area contributed by atoms with Crippen LogP contribution >= 0.6 is 0 Å². The van der Waals surface area contributed by atoms with Crippen LogP contribution < -0.4 is 0 Å². The molecule has 0 saturated carbocycles. The molecule has 0 radical (unpaired) electrons. The number of carbonyl (C=O) groups excluding carboxylic acids is 1. The van der Waals surface area contributed by atoms with Gasteiger partial charge in [0.1, 0.15) is 16.5 Å². The number of hydrogen-bond acceptors (Lipinski definition) is 5. The molecule has 2 heterocycles. The number of sulfonamides is 1. The molecular weight excluding hydrogens is 433 g/mol. The Balaban J connectivity index is 1.30. The van der Waals surface area contributed by atoms with E-state index in [1.54, 1.807) is 17.0 Å². The second kappa shape index (κ2) is 9.40. The molecule has 1 fully saturated rings. The van der Waals surface area contributed by atoms with Crippen LogP contribution in [0.5, 0.6) is 5.75 Å². The number of benzene rings is 2. The van der Waals surface area contributed by atoms with Crippen molar-refractivity contribution in [3.8, 4) is 5.75 Å². The van der Waals surface area contributed by atoms with E-state index in [1.165, 1.54) is 28.1 Å². The zero-order chi connectivity index (χ0) is 22.7. The van der Waals surface area contributed by atoms with Crippen LogP contribution in [0.4, 0.5) is 4.39 Å². The largest absolute Gasteiger partial charge is 0.508 e. The molecule has 2 aliphatic heterocycles. The molecule has 0 unspecified atom stereocenters. The molecule has 0 spiro atoms. The third-order valence-electron chi connectivity index (χ3n) is 5.94. The lowest BCUT2D eigenvalue weighted by atomic mass is 9.99. The van der Waals surface area contributed by atoms with Gasteiger partial charge in [-0.2, -0.15) is 4.31 Å². The Hall–Kier alpha value is -2.75. The van der Waals surface area contributed by atoms with Crippen molar-refractivity contribution in [2.75, 3.05) is 45.8 Å². The highest BCUT2D eigenvalue weighted by Crippen LogP contribution is 2.24. The van der Waals surface area contributed by atoms with E-state index in [0.29, 0.717) is 6.54 Å². The van der Waals surface area contributed by atoms with Gasteiger partial charge in [-0.25, -0.2) is 12.8 Å². The van der Waals surface area contributed by atoms with Gasteiger partial charge in [-0.3, -0.25) is 9.69 Å². The number of aromatic hydroxyl groups is 1. The second-order valence-electron chi connectivity index (χ2n) is 7.98. The molecule has 32 heavy (non-hydrogen) atoms. The highest BCUT2D eigenvalue weighted by molar-refractivity contribution is 7.89. The summed E-state index contributed by atoms with van der Waals surface area (Å²) in [5.41, 5.74) is 2.27. The highest BCUT2D eigenvalue weighted by Gasteiger charge is 2.32. The number of carbonyl (C=O) groups is 1. The molecule has 0 aliphatic carbocycles. The third kappa shape index (κ3) is 4.85. The smallest absolute Gasteiger partial charge is 0.246 e. The minimum absolute atomic E-state index is 0.0329. The predicted octanol–water partition coefficient (Wildman–Crippen LogP) is 2.15. The number of amides is 1. The second-order valence-corrected chi connectivity index (χ2v) is 9.88. The predicted molar refractivity (Wildman–Crippen MR) is 119 cm³/mol. The minimum Gasteiger partial charge on any atom is -0.508 e. The SMILES string of the molecule is O=C(CN1CC=C(c2ccc(O)cc2)CC1)N1CCN(S(=O)(=O)c2ccccc2F)CC1. The molecule has 0 aromatic heterocycles. The summed E-state index contributed by atoms with van der Waals surface area (Å²) in [6, 6.07) is 12.4. The van der Waals surface area contributed by atoms with Crippen molar-refractivity contribution < 1.29 is 22.7 Å². The fourth-order valence-electron chi connectivity index (χ4n) is 4.05. The van der Waals surface area contributed by atoms with Gasteiger partial charge in [0.05, 0.1) is 6.54 Å². The van der Waals surface area contributed by atoms with E-state index in [-0.39, 0.29) is 49.3 Å². The molecule has 0 atom stereocenters. The van der Waals surface area contributed by atoms with E-state index in [1.807, 2.05) is 12.1 Å². The van der Waals surface area contributed by atoms with Crippen LogP contribution in [0.2, 0.25) is 0 Å². The first-order valence-electron chi connectivity index (χ1n) is 10.6. The maximum absolute atomic E-state index is 14.0. The summed E-state index contributed by atoms with van der Waals surface area (Å²) in [6.07, 6.45) is 2.91. The van der Waals surface area contributed by atoms with Gasteiger partial charge in [0.15, 0.2) is 0 Å². The molecule has 2 aromatic carbocycles. The summed E-state index contributed by atoms with van der Waals surface area (Å²) in [4.78, 5) is 16.2. The van der Waals surface area contributed by atoms with E-state index in [9.17, 15) is 22.7 Å². The van der Waals surface area contributed by atoms with Crippen LogP contribution in [0.1, 0.15) is 12.0 Å². The first-order valence-corrected chi connectivity index (χ1v) is 12.0. The molecule has 170 valence electrons. The monoisotopic (exact) mass is 459 g/mol. The van der Waals surface area contributed by atoms with Gasteiger partial charge < -0.3 is 10.0 Å². The Labute approximate surface area is 187 Å². The van der Waals surface area contributed by atoms with Gasteiger partial charge in [-0.05, 0) is 41.8 Å². The number of rotatable bonds is 5. The van der Waals surface area contributed by atoms with E-state index in [0.717, 1.165) is 24.6 Å². The number of hydrogen-bond donors (Lipinski definition) is 1. The Bertz CT molecular complexity index is 1110. The lowest BCUT2D eigenvalue weighted by molar-refractivity contribution is -0.133. The van der Waals surface area contributed by atoms with Gasteiger partial charge in [-0.1, -0.05) is 30.3 Å². The lowest BCUT2D eigenvalue weighted by Crippen LogP contribution is -2.52. The molecule has 9 heteroatoms. The van der Waals surface area contributed by atoms with Crippen molar-refractivity contribution in [1.82, 2.24) is 14.1 Å². The summed E-state index contributed by atoms with van der Waals surface area (Å²) in [5.74, 6) is -0.565. The molecule has 1 amide bonds. The number of phenolic OH excluding ortho intramolecular Hbond substituents is 1. The standard InChI is InChI=1S/C23H26FN3O4S/c24-21-3-1-2-4-22(21)32(30,31)27-15-13-26(14-16-27)23(29)17-25-11-9-19(10-12-25)18-5-7-20(28)8-6-18/h1-9,28H,10-17H2. The van der Waals surface area contributed by atoms with Crippen molar-refractivity contribution in [2.24, 2.45) is 0 Å². The van der Waals surface area contributed by atoms with Crippen molar-refractivity contribution >= 4 is 21.5 Å². The lowest BCUT2D eigenvalue weighted by Gasteiger charge is -2.35. The molecular formula is C23H26FN3O4S. The quantitative estimate of drug-likeness (QED) is 0.741. The van der Waals surface area contributed by atoms with Crippen LogP contribution in [-0.2, 0) is 14.8 Å². The Morgan fingerprint density at radius 1 is 0.969 bits per heavy atom. The first kappa shape index (κ1) is 22.4. The summed E-state index contributed by atoms with van der Waals surface area (Å²) in [5, 5.41) is 9.43.